The van der Waals surface area contributed by atoms with Gasteiger partial charge in [0.05, 0.1) is 0 Å². The lowest BCUT2D eigenvalue weighted by atomic mass is 9.89. The molecule has 5 heteroatoms. The summed E-state index contributed by atoms with van der Waals surface area (Å²) in [6.07, 6.45) is 0.905. The Bertz CT molecular complexity index is 473. The fourth-order valence-corrected chi connectivity index (χ4v) is 1.96. The van der Waals surface area contributed by atoms with Gasteiger partial charge >= 0.3 is 0 Å². The average molecular weight is 293 g/mol. The van der Waals surface area contributed by atoms with Gasteiger partial charge in [0.1, 0.15) is 5.82 Å². The van der Waals surface area contributed by atoms with E-state index in [1.165, 1.54) is 0 Å². The van der Waals surface area contributed by atoms with Crippen LogP contribution in [0.3, 0.4) is 0 Å². The van der Waals surface area contributed by atoms with Gasteiger partial charge in [-0.05, 0) is 37.8 Å². The van der Waals surface area contributed by atoms with E-state index in [0.717, 1.165) is 24.5 Å². The third-order valence-electron chi connectivity index (χ3n) is 3.28. The zero-order valence-electron chi connectivity index (χ0n) is 13.7. The van der Waals surface area contributed by atoms with E-state index in [2.05, 4.69) is 29.5 Å². The van der Waals surface area contributed by atoms with Crippen LogP contribution in [0.1, 0.15) is 43.2 Å². The van der Waals surface area contributed by atoms with Gasteiger partial charge in [0.2, 0.25) is 0 Å². The zero-order chi connectivity index (χ0) is 15.9. The first-order valence-corrected chi connectivity index (χ1v) is 7.37. The maximum absolute atomic E-state index is 12.3. The van der Waals surface area contributed by atoms with Crippen LogP contribution in [0.25, 0.3) is 0 Å². The summed E-state index contributed by atoms with van der Waals surface area (Å²) in [6.45, 7) is 10.2. The van der Waals surface area contributed by atoms with E-state index >= 15 is 0 Å². The summed E-state index contributed by atoms with van der Waals surface area (Å²) in [6, 6.07) is 3.59. The number of nitrogens with one attached hydrogen (secondary N) is 2. The SMILES string of the molecule is CCNc1cc(C(=O)NCC(C)(C)CCOC)cc(C)n1. The number of ether oxygens (including phenoxy) is 1. The Morgan fingerprint density at radius 2 is 2.10 bits per heavy atom. The largest absolute Gasteiger partial charge is 0.385 e. The topological polar surface area (TPSA) is 63.2 Å². The first-order chi connectivity index (χ1) is 9.88. The van der Waals surface area contributed by atoms with E-state index in [9.17, 15) is 4.79 Å². The second-order valence-electron chi connectivity index (χ2n) is 6.00. The fourth-order valence-electron chi connectivity index (χ4n) is 1.96. The van der Waals surface area contributed by atoms with Gasteiger partial charge in [-0.25, -0.2) is 4.98 Å². The van der Waals surface area contributed by atoms with Crippen LogP contribution in [0.5, 0.6) is 0 Å². The number of carbonyl (C=O) groups excluding carboxylic acids is 1. The van der Waals surface area contributed by atoms with Crippen molar-refractivity contribution >= 4 is 11.7 Å². The summed E-state index contributed by atoms with van der Waals surface area (Å²) in [5, 5.41) is 6.13. The molecule has 0 radical (unpaired) electrons. The van der Waals surface area contributed by atoms with Gasteiger partial charge in [-0.3, -0.25) is 4.79 Å². The summed E-state index contributed by atoms with van der Waals surface area (Å²) in [5.41, 5.74) is 1.48. The molecule has 0 fully saturated rings. The van der Waals surface area contributed by atoms with Gasteiger partial charge in [-0.2, -0.15) is 0 Å². The number of rotatable bonds is 8. The van der Waals surface area contributed by atoms with Crippen molar-refractivity contribution in [2.45, 2.75) is 34.1 Å². The minimum absolute atomic E-state index is 0.0121. The van der Waals surface area contributed by atoms with Crippen molar-refractivity contribution in [3.05, 3.63) is 23.4 Å². The van der Waals surface area contributed by atoms with Gasteiger partial charge < -0.3 is 15.4 Å². The van der Waals surface area contributed by atoms with Crippen LogP contribution in [0.4, 0.5) is 5.82 Å². The van der Waals surface area contributed by atoms with Crippen molar-refractivity contribution in [1.29, 1.82) is 0 Å². The number of hydrogen-bond donors (Lipinski definition) is 2. The van der Waals surface area contributed by atoms with Crippen molar-refractivity contribution in [3.8, 4) is 0 Å². The molecule has 0 saturated heterocycles. The lowest BCUT2D eigenvalue weighted by Gasteiger charge is -2.24. The number of pyridine rings is 1. The van der Waals surface area contributed by atoms with E-state index in [1.807, 2.05) is 13.8 Å². The van der Waals surface area contributed by atoms with Gasteiger partial charge in [0.15, 0.2) is 0 Å². The molecule has 0 saturated carbocycles. The summed E-state index contributed by atoms with van der Waals surface area (Å²) < 4.78 is 5.10. The number of aromatic nitrogens is 1. The Balaban J connectivity index is 2.67. The molecule has 0 aliphatic carbocycles. The van der Waals surface area contributed by atoms with Crippen molar-refractivity contribution in [1.82, 2.24) is 10.3 Å². The lowest BCUT2D eigenvalue weighted by Crippen LogP contribution is -2.34. The van der Waals surface area contributed by atoms with E-state index in [1.54, 1.807) is 19.2 Å². The normalized spacial score (nSPS) is 11.3. The molecule has 2 N–H and O–H groups in total. The van der Waals surface area contributed by atoms with Gasteiger partial charge in [-0.1, -0.05) is 13.8 Å². The first kappa shape index (κ1) is 17.4. The number of amides is 1. The lowest BCUT2D eigenvalue weighted by molar-refractivity contribution is 0.0921. The zero-order valence-corrected chi connectivity index (χ0v) is 13.7. The summed E-state index contributed by atoms with van der Waals surface area (Å²) in [7, 11) is 1.69. The molecule has 1 aromatic heterocycles. The van der Waals surface area contributed by atoms with Gasteiger partial charge in [0, 0.05) is 38.1 Å². The van der Waals surface area contributed by atoms with Crippen LogP contribution in [0, 0.1) is 12.3 Å². The highest BCUT2D eigenvalue weighted by Gasteiger charge is 2.19. The molecule has 1 heterocycles. The highest BCUT2D eigenvalue weighted by atomic mass is 16.5. The number of anilines is 1. The first-order valence-electron chi connectivity index (χ1n) is 7.37. The molecule has 118 valence electrons. The molecule has 0 aromatic carbocycles. The highest BCUT2D eigenvalue weighted by molar-refractivity contribution is 5.95. The molecule has 0 atom stereocenters. The number of methoxy groups -OCH3 is 1. The van der Waals surface area contributed by atoms with Crippen LogP contribution >= 0.6 is 0 Å². The van der Waals surface area contributed by atoms with Crippen LogP contribution in [0.15, 0.2) is 12.1 Å². The van der Waals surface area contributed by atoms with Gasteiger partial charge in [-0.15, -0.1) is 0 Å². The quantitative estimate of drug-likeness (QED) is 0.773. The van der Waals surface area contributed by atoms with E-state index in [0.29, 0.717) is 18.7 Å². The third kappa shape index (κ3) is 6.12. The number of carbonyl (C=O) groups is 1. The molecule has 0 bridgehead atoms. The van der Waals surface area contributed by atoms with Crippen molar-refractivity contribution < 1.29 is 9.53 Å². The molecule has 21 heavy (non-hydrogen) atoms. The third-order valence-corrected chi connectivity index (χ3v) is 3.28. The van der Waals surface area contributed by atoms with Gasteiger partial charge in [0.25, 0.3) is 5.91 Å². The molecule has 5 nitrogen and oxygen atoms in total. The number of nitrogens with zero attached hydrogens (tertiary/aromatic N) is 1. The van der Waals surface area contributed by atoms with Crippen LogP contribution in [-0.4, -0.2) is 37.7 Å². The molecule has 1 amide bonds. The fraction of sp³-hybridized carbons (Fsp3) is 0.625. The van der Waals surface area contributed by atoms with E-state index < -0.39 is 0 Å². The van der Waals surface area contributed by atoms with Crippen molar-refractivity contribution in [3.63, 3.8) is 0 Å². The Hall–Kier alpha value is -1.62. The minimum atomic E-state index is -0.0647. The molecule has 1 rings (SSSR count). The van der Waals surface area contributed by atoms with Crippen LogP contribution < -0.4 is 10.6 Å². The van der Waals surface area contributed by atoms with Crippen LogP contribution in [-0.2, 0) is 4.74 Å². The smallest absolute Gasteiger partial charge is 0.251 e. The molecule has 0 aliphatic rings. The maximum Gasteiger partial charge on any atom is 0.251 e. The monoisotopic (exact) mass is 293 g/mol. The number of hydrogen-bond acceptors (Lipinski definition) is 4. The summed E-state index contributed by atoms with van der Waals surface area (Å²) >= 11 is 0. The molecule has 0 spiro atoms. The highest BCUT2D eigenvalue weighted by Crippen LogP contribution is 2.19. The average Bonchev–Trinajstić information content (AvgIpc) is 2.42. The molecular formula is C16H27N3O2. The Morgan fingerprint density at radius 1 is 1.38 bits per heavy atom. The van der Waals surface area contributed by atoms with E-state index in [4.69, 9.17) is 4.74 Å². The standard InChI is InChI=1S/C16H27N3O2/c1-6-17-14-10-13(9-12(2)19-14)15(20)18-11-16(3,4)7-8-21-5/h9-10H,6-8,11H2,1-5H3,(H,17,19)(H,18,20). The predicted molar refractivity (Wildman–Crippen MR) is 85.7 cm³/mol. The maximum atomic E-state index is 12.3. The Morgan fingerprint density at radius 3 is 2.71 bits per heavy atom. The molecule has 0 aliphatic heterocycles. The second-order valence-corrected chi connectivity index (χ2v) is 6.00. The molecule has 1 aromatic rings. The predicted octanol–water partition coefficient (Wildman–Crippen LogP) is 2.61. The summed E-state index contributed by atoms with van der Waals surface area (Å²) in [5.74, 6) is 0.673. The van der Waals surface area contributed by atoms with Crippen molar-refractivity contribution in [2.75, 3.05) is 32.1 Å². The molecule has 0 unspecified atom stereocenters. The Kier molecular flexibility index (Phi) is 6.62. The summed E-state index contributed by atoms with van der Waals surface area (Å²) in [4.78, 5) is 16.6. The Labute approximate surface area is 127 Å². The minimum Gasteiger partial charge on any atom is -0.385 e. The van der Waals surface area contributed by atoms with E-state index in [-0.39, 0.29) is 11.3 Å². The van der Waals surface area contributed by atoms with Crippen molar-refractivity contribution in [2.24, 2.45) is 5.41 Å². The number of aryl methyl sites for hydroxylation is 1. The second kappa shape index (κ2) is 7.98. The molecular weight excluding hydrogens is 266 g/mol. The van der Waals surface area contributed by atoms with Crippen LogP contribution in [0.2, 0.25) is 0 Å².